The number of carbonyl (C=O) groups excluding carboxylic acids is 1. The molecule has 0 atom stereocenters. The molecule has 96 valence electrons. The lowest BCUT2D eigenvalue weighted by atomic mass is 10.2. The number of anilines is 1. The third-order valence-electron chi connectivity index (χ3n) is 2.94. The van der Waals surface area contributed by atoms with Crippen LogP contribution in [0.4, 0.5) is 5.69 Å². The number of hydrogen-bond acceptors (Lipinski definition) is 3. The molecule has 0 saturated heterocycles. The molecule has 4 nitrogen and oxygen atoms in total. The fourth-order valence-electron chi connectivity index (χ4n) is 1.97. The van der Waals surface area contributed by atoms with Crippen molar-refractivity contribution in [3.8, 4) is 0 Å². The van der Waals surface area contributed by atoms with Crippen LogP contribution in [-0.4, -0.2) is 15.9 Å². The standard InChI is InChI=1S/C14H13N3OS/c18-13(5-4-10-6-7-19-8-10)17-12-3-1-2-11-14(12)16-9-15-11/h1-3,6-9H,4-5H2,(H,15,16)(H,17,18). The maximum absolute atomic E-state index is 11.9. The molecule has 5 heteroatoms. The molecule has 0 spiro atoms. The number of rotatable bonds is 4. The van der Waals surface area contributed by atoms with E-state index in [0.29, 0.717) is 6.42 Å². The summed E-state index contributed by atoms with van der Waals surface area (Å²) in [5, 5.41) is 7.01. The Hall–Kier alpha value is -2.14. The number of aryl methyl sites for hydroxylation is 1. The normalized spacial score (nSPS) is 10.7. The van der Waals surface area contributed by atoms with Gasteiger partial charge < -0.3 is 10.3 Å². The Morgan fingerprint density at radius 2 is 2.32 bits per heavy atom. The summed E-state index contributed by atoms with van der Waals surface area (Å²) >= 11 is 1.65. The molecule has 0 bridgehead atoms. The first kappa shape index (κ1) is 11.9. The fraction of sp³-hybridized carbons (Fsp3) is 0.143. The van der Waals surface area contributed by atoms with Crippen molar-refractivity contribution < 1.29 is 4.79 Å². The first-order chi connectivity index (χ1) is 9.33. The van der Waals surface area contributed by atoms with Crippen LogP contribution in [0.25, 0.3) is 11.0 Å². The Bertz CT molecular complexity index is 688. The van der Waals surface area contributed by atoms with Crippen LogP contribution < -0.4 is 5.32 Å². The van der Waals surface area contributed by atoms with Crippen LogP contribution in [0, 0.1) is 0 Å². The molecule has 0 radical (unpaired) electrons. The van der Waals surface area contributed by atoms with Crippen molar-refractivity contribution in [2.75, 3.05) is 5.32 Å². The molecule has 0 aliphatic rings. The van der Waals surface area contributed by atoms with Gasteiger partial charge in [-0.25, -0.2) is 4.98 Å². The van der Waals surface area contributed by atoms with E-state index in [2.05, 4.69) is 20.7 Å². The van der Waals surface area contributed by atoms with Gasteiger partial charge in [0.25, 0.3) is 0 Å². The summed E-state index contributed by atoms with van der Waals surface area (Å²) in [6.45, 7) is 0. The molecule has 2 N–H and O–H groups in total. The number of nitrogens with zero attached hydrogens (tertiary/aromatic N) is 1. The average molecular weight is 271 g/mol. The minimum atomic E-state index is 0.0155. The minimum absolute atomic E-state index is 0.0155. The second-order valence-corrected chi connectivity index (χ2v) is 5.06. The van der Waals surface area contributed by atoms with E-state index in [9.17, 15) is 4.79 Å². The van der Waals surface area contributed by atoms with Gasteiger partial charge in [-0.3, -0.25) is 4.79 Å². The van der Waals surface area contributed by atoms with E-state index in [1.54, 1.807) is 17.7 Å². The summed E-state index contributed by atoms with van der Waals surface area (Å²) in [5.74, 6) is 0.0155. The molecule has 1 amide bonds. The van der Waals surface area contributed by atoms with Crippen LogP contribution in [-0.2, 0) is 11.2 Å². The van der Waals surface area contributed by atoms with Crippen molar-refractivity contribution in [3.05, 3.63) is 46.9 Å². The van der Waals surface area contributed by atoms with Gasteiger partial charge in [-0.15, -0.1) is 0 Å². The van der Waals surface area contributed by atoms with E-state index in [0.717, 1.165) is 23.1 Å². The number of carbonyl (C=O) groups is 1. The predicted octanol–water partition coefficient (Wildman–Crippen LogP) is 3.20. The molecule has 3 rings (SSSR count). The van der Waals surface area contributed by atoms with Gasteiger partial charge in [-0.1, -0.05) is 6.07 Å². The van der Waals surface area contributed by atoms with Gasteiger partial charge >= 0.3 is 0 Å². The summed E-state index contributed by atoms with van der Waals surface area (Å²) in [7, 11) is 0. The highest BCUT2D eigenvalue weighted by Crippen LogP contribution is 2.20. The van der Waals surface area contributed by atoms with Gasteiger partial charge in [0.1, 0.15) is 5.52 Å². The zero-order chi connectivity index (χ0) is 13.1. The summed E-state index contributed by atoms with van der Waals surface area (Å²) in [6.07, 6.45) is 2.88. The number of H-pyrrole nitrogens is 1. The molecule has 2 heterocycles. The van der Waals surface area contributed by atoms with Gasteiger partial charge in [-0.05, 0) is 40.9 Å². The molecule has 1 aromatic carbocycles. The van der Waals surface area contributed by atoms with E-state index in [1.165, 1.54) is 5.56 Å². The zero-order valence-corrected chi connectivity index (χ0v) is 11.0. The van der Waals surface area contributed by atoms with Crippen molar-refractivity contribution in [2.24, 2.45) is 0 Å². The number of nitrogens with one attached hydrogen (secondary N) is 2. The van der Waals surface area contributed by atoms with Crippen molar-refractivity contribution >= 4 is 34.0 Å². The molecule has 0 saturated carbocycles. The molecular weight excluding hydrogens is 258 g/mol. The molecule has 0 unspecified atom stereocenters. The maximum atomic E-state index is 11.9. The van der Waals surface area contributed by atoms with E-state index in [-0.39, 0.29) is 5.91 Å². The molecule has 0 aliphatic heterocycles. The Morgan fingerprint density at radius 1 is 1.37 bits per heavy atom. The SMILES string of the molecule is O=C(CCc1ccsc1)Nc1cccc2[nH]cnc12. The quantitative estimate of drug-likeness (QED) is 0.765. The molecule has 2 aromatic heterocycles. The maximum Gasteiger partial charge on any atom is 0.224 e. The number of fused-ring (bicyclic) bond motifs is 1. The van der Waals surface area contributed by atoms with Gasteiger partial charge in [0, 0.05) is 6.42 Å². The van der Waals surface area contributed by atoms with Crippen LogP contribution in [0.3, 0.4) is 0 Å². The van der Waals surface area contributed by atoms with Crippen molar-refractivity contribution in [1.29, 1.82) is 0 Å². The number of aromatic amines is 1. The predicted molar refractivity (Wildman–Crippen MR) is 77.4 cm³/mol. The lowest BCUT2D eigenvalue weighted by Gasteiger charge is -2.05. The Kier molecular flexibility index (Phi) is 3.29. The second-order valence-electron chi connectivity index (χ2n) is 4.28. The fourth-order valence-corrected chi connectivity index (χ4v) is 2.67. The Balaban J connectivity index is 1.67. The van der Waals surface area contributed by atoms with Crippen molar-refractivity contribution in [3.63, 3.8) is 0 Å². The molecule has 0 fully saturated rings. The first-order valence-electron chi connectivity index (χ1n) is 6.06. The topological polar surface area (TPSA) is 57.8 Å². The van der Waals surface area contributed by atoms with E-state index >= 15 is 0 Å². The number of thiophene rings is 1. The highest BCUT2D eigenvalue weighted by molar-refractivity contribution is 7.07. The lowest BCUT2D eigenvalue weighted by Crippen LogP contribution is -2.12. The van der Waals surface area contributed by atoms with Gasteiger partial charge in [0.2, 0.25) is 5.91 Å². The van der Waals surface area contributed by atoms with Crippen LogP contribution in [0.15, 0.2) is 41.4 Å². The molecule has 0 aliphatic carbocycles. The number of benzene rings is 1. The van der Waals surface area contributed by atoms with Crippen LogP contribution >= 0.6 is 11.3 Å². The van der Waals surface area contributed by atoms with Crippen LogP contribution in [0.2, 0.25) is 0 Å². The van der Waals surface area contributed by atoms with Crippen LogP contribution in [0.5, 0.6) is 0 Å². The van der Waals surface area contributed by atoms with E-state index in [4.69, 9.17) is 0 Å². The zero-order valence-electron chi connectivity index (χ0n) is 10.2. The summed E-state index contributed by atoms with van der Waals surface area (Å²) in [4.78, 5) is 19.2. The average Bonchev–Trinajstić information content (AvgIpc) is 3.08. The second kappa shape index (κ2) is 5.24. The van der Waals surface area contributed by atoms with Crippen molar-refractivity contribution in [2.45, 2.75) is 12.8 Å². The smallest absolute Gasteiger partial charge is 0.224 e. The number of aromatic nitrogens is 2. The monoisotopic (exact) mass is 271 g/mol. The van der Waals surface area contributed by atoms with E-state index < -0.39 is 0 Å². The highest BCUT2D eigenvalue weighted by atomic mass is 32.1. The number of imidazole rings is 1. The Morgan fingerprint density at radius 3 is 3.16 bits per heavy atom. The van der Waals surface area contributed by atoms with Gasteiger partial charge in [-0.2, -0.15) is 11.3 Å². The number of para-hydroxylation sites is 1. The minimum Gasteiger partial charge on any atom is -0.345 e. The summed E-state index contributed by atoms with van der Waals surface area (Å²) in [5.41, 5.74) is 3.69. The lowest BCUT2D eigenvalue weighted by molar-refractivity contribution is -0.116. The number of amides is 1. The molecule has 3 aromatic rings. The molecule has 19 heavy (non-hydrogen) atoms. The molecular formula is C14H13N3OS. The summed E-state index contributed by atoms with van der Waals surface area (Å²) < 4.78 is 0. The Labute approximate surface area is 114 Å². The highest BCUT2D eigenvalue weighted by Gasteiger charge is 2.07. The van der Waals surface area contributed by atoms with Gasteiger partial charge in [0.15, 0.2) is 0 Å². The third kappa shape index (κ3) is 2.66. The third-order valence-corrected chi connectivity index (χ3v) is 3.68. The largest absolute Gasteiger partial charge is 0.345 e. The first-order valence-corrected chi connectivity index (χ1v) is 7.00. The van der Waals surface area contributed by atoms with Crippen molar-refractivity contribution in [1.82, 2.24) is 9.97 Å². The number of hydrogen-bond donors (Lipinski definition) is 2. The summed E-state index contributed by atoms with van der Waals surface area (Å²) in [6, 6.07) is 7.75. The van der Waals surface area contributed by atoms with E-state index in [1.807, 2.05) is 29.6 Å². The van der Waals surface area contributed by atoms with Crippen LogP contribution in [0.1, 0.15) is 12.0 Å². The van der Waals surface area contributed by atoms with Gasteiger partial charge in [0.05, 0.1) is 17.5 Å².